The zero-order chi connectivity index (χ0) is 19.2. The van der Waals surface area contributed by atoms with Gasteiger partial charge in [-0.15, -0.1) is 0 Å². The van der Waals surface area contributed by atoms with Gasteiger partial charge in [-0.05, 0) is 55.5 Å². The maximum absolute atomic E-state index is 14.1. The summed E-state index contributed by atoms with van der Waals surface area (Å²) in [5.41, 5.74) is -4.39. The van der Waals surface area contributed by atoms with Gasteiger partial charge in [0.2, 0.25) is 5.41 Å². The van der Waals surface area contributed by atoms with E-state index in [1.807, 2.05) is 0 Å². The van der Waals surface area contributed by atoms with Crippen LogP contribution in [0, 0.1) is 27.7 Å². The fraction of sp³-hybridized carbons (Fsp3) is 0.368. The van der Waals surface area contributed by atoms with E-state index in [4.69, 9.17) is 0 Å². The van der Waals surface area contributed by atoms with Gasteiger partial charge in [0.15, 0.2) is 0 Å². The van der Waals surface area contributed by atoms with Crippen LogP contribution in [-0.4, -0.2) is 12.4 Å². The number of hydrogen-bond acceptors (Lipinski definition) is 0. The first-order valence-electron chi connectivity index (χ1n) is 7.61. The molecule has 136 valence electrons. The molecule has 0 saturated carbocycles. The van der Waals surface area contributed by atoms with Crippen molar-refractivity contribution in [2.24, 2.45) is 0 Å². The Hall–Kier alpha value is -1.98. The second kappa shape index (κ2) is 6.07. The maximum Gasteiger partial charge on any atom is 0.411 e. The first-order chi connectivity index (χ1) is 11.3. The van der Waals surface area contributed by atoms with E-state index in [9.17, 15) is 26.3 Å². The fourth-order valence-corrected chi connectivity index (χ4v) is 3.06. The predicted octanol–water partition coefficient (Wildman–Crippen LogP) is 6.33. The summed E-state index contributed by atoms with van der Waals surface area (Å²) in [7, 11) is 0. The molecule has 0 radical (unpaired) electrons. The van der Waals surface area contributed by atoms with Crippen molar-refractivity contribution < 1.29 is 26.3 Å². The summed E-state index contributed by atoms with van der Waals surface area (Å²) >= 11 is 0. The minimum Gasteiger partial charge on any atom is -0.169 e. The maximum atomic E-state index is 14.1. The Morgan fingerprint density at radius 1 is 0.600 bits per heavy atom. The largest absolute Gasteiger partial charge is 0.411 e. The summed E-state index contributed by atoms with van der Waals surface area (Å²) in [6.07, 6.45) is -11.1. The van der Waals surface area contributed by atoms with E-state index in [1.165, 1.54) is 39.0 Å². The van der Waals surface area contributed by atoms with Crippen LogP contribution in [0.4, 0.5) is 26.3 Å². The minimum atomic E-state index is -5.55. The molecule has 0 amide bonds. The zero-order valence-corrected chi connectivity index (χ0v) is 14.2. The van der Waals surface area contributed by atoms with E-state index < -0.39 is 28.9 Å². The molecule has 0 aliphatic rings. The normalized spacial score (nSPS) is 13.2. The van der Waals surface area contributed by atoms with Crippen molar-refractivity contribution >= 4 is 0 Å². The van der Waals surface area contributed by atoms with Crippen molar-refractivity contribution in [1.82, 2.24) is 0 Å². The van der Waals surface area contributed by atoms with Crippen LogP contribution in [0.3, 0.4) is 0 Å². The average Bonchev–Trinajstić information content (AvgIpc) is 2.44. The van der Waals surface area contributed by atoms with E-state index in [2.05, 4.69) is 0 Å². The monoisotopic (exact) mass is 360 g/mol. The van der Waals surface area contributed by atoms with E-state index in [-0.39, 0.29) is 5.56 Å². The number of aryl methyl sites for hydroxylation is 4. The summed E-state index contributed by atoms with van der Waals surface area (Å²) in [6, 6.07) is 6.96. The molecule has 0 saturated heterocycles. The number of hydrogen-bond donors (Lipinski definition) is 0. The van der Waals surface area contributed by atoms with Crippen LogP contribution in [0.15, 0.2) is 36.4 Å². The molecule has 0 aliphatic heterocycles. The number of alkyl halides is 6. The van der Waals surface area contributed by atoms with Crippen molar-refractivity contribution in [2.45, 2.75) is 45.5 Å². The van der Waals surface area contributed by atoms with Crippen molar-refractivity contribution in [1.29, 1.82) is 0 Å². The Morgan fingerprint density at radius 3 is 1.60 bits per heavy atom. The Balaban J connectivity index is 3.02. The van der Waals surface area contributed by atoms with Gasteiger partial charge in [0, 0.05) is 0 Å². The van der Waals surface area contributed by atoms with Crippen molar-refractivity contribution in [2.75, 3.05) is 0 Å². The lowest BCUT2D eigenvalue weighted by Gasteiger charge is -2.39. The molecule has 0 aromatic heterocycles. The number of benzene rings is 2. The molecule has 2 aromatic carbocycles. The van der Waals surface area contributed by atoms with Crippen LogP contribution in [0.25, 0.3) is 0 Å². The van der Waals surface area contributed by atoms with Gasteiger partial charge in [0.25, 0.3) is 0 Å². The van der Waals surface area contributed by atoms with Crippen LogP contribution < -0.4 is 0 Å². The fourth-order valence-electron chi connectivity index (χ4n) is 3.06. The van der Waals surface area contributed by atoms with Crippen LogP contribution in [0.1, 0.15) is 33.4 Å². The van der Waals surface area contributed by atoms with E-state index >= 15 is 0 Å². The molecule has 6 heteroatoms. The number of rotatable bonds is 2. The molecule has 0 atom stereocenters. The summed E-state index contributed by atoms with van der Waals surface area (Å²) in [5.74, 6) is 0. The third-order valence-corrected chi connectivity index (χ3v) is 4.59. The molecular formula is C19H18F6. The molecule has 0 unspecified atom stereocenters. The highest BCUT2D eigenvalue weighted by molar-refractivity contribution is 5.50. The van der Waals surface area contributed by atoms with Crippen LogP contribution in [-0.2, 0) is 5.41 Å². The van der Waals surface area contributed by atoms with Crippen LogP contribution >= 0.6 is 0 Å². The SMILES string of the molecule is Cc1ccc(C)c(C(c2ccc(C)c(C)c2)(C(F)(F)F)C(F)(F)F)c1. The van der Waals surface area contributed by atoms with Gasteiger partial charge in [-0.25, -0.2) is 0 Å². The Labute approximate surface area is 142 Å². The predicted molar refractivity (Wildman–Crippen MR) is 84.7 cm³/mol. The molecule has 0 bridgehead atoms. The molecule has 0 N–H and O–H groups in total. The Morgan fingerprint density at radius 2 is 1.12 bits per heavy atom. The van der Waals surface area contributed by atoms with Crippen molar-refractivity contribution in [3.8, 4) is 0 Å². The zero-order valence-electron chi connectivity index (χ0n) is 14.2. The van der Waals surface area contributed by atoms with Gasteiger partial charge in [0.05, 0.1) is 0 Å². The molecule has 25 heavy (non-hydrogen) atoms. The lowest BCUT2D eigenvalue weighted by atomic mass is 9.70. The topological polar surface area (TPSA) is 0 Å². The summed E-state index contributed by atoms with van der Waals surface area (Å²) in [6.45, 7) is 5.88. The Kier molecular flexibility index (Phi) is 4.70. The molecule has 0 heterocycles. The van der Waals surface area contributed by atoms with E-state index in [0.29, 0.717) is 16.7 Å². The second-order valence-electron chi connectivity index (χ2n) is 6.36. The van der Waals surface area contributed by atoms with Gasteiger partial charge in [-0.3, -0.25) is 0 Å². The lowest BCUT2D eigenvalue weighted by Crippen LogP contribution is -2.55. The average molecular weight is 360 g/mol. The van der Waals surface area contributed by atoms with E-state index in [1.54, 1.807) is 6.92 Å². The molecule has 2 aromatic rings. The quantitative estimate of drug-likeness (QED) is 0.549. The van der Waals surface area contributed by atoms with Gasteiger partial charge in [-0.1, -0.05) is 42.0 Å². The molecule has 0 nitrogen and oxygen atoms in total. The highest BCUT2D eigenvalue weighted by Gasteiger charge is 2.72. The van der Waals surface area contributed by atoms with Gasteiger partial charge in [-0.2, -0.15) is 26.3 Å². The Bertz CT molecular complexity index is 769. The van der Waals surface area contributed by atoms with Crippen molar-refractivity contribution in [3.05, 3.63) is 69.8 Å². The van der Waals surface area contributed by atoms with Crippen LogP contribution in [0.5, 0.6) is 0 Å². The lowest BCUT2D eigenvalue weighted by molar-refractivity contribution is -0.288. The summed E-state index contributed by atoms with van der Waals surface area (Å²) in [5, 5.41) is 0. The third kappa shape index (κ3) is 3.02. The molecule has 0 aliphatic carbocycles. The third-order valence-electron chi connectivity index (χ3n) is 4.59. The smallest absolute Gasteiger partial charge is 0.169 e. The highest BCUT2D eigenvalue weighted by Crippen LogP contribution is 2.57. The highest BCUT2D eigenvalue weighted by atomic mass is 19.4. The first-order valence-corrected chi connectivity index (χ1v) is 7.61. The second-order valence-corrected chi connectivity index (χ2v) is 6.36. The molecule has 0 fully saturated rings. The van der Waals surface area contributed by atoms with Crippen molar-refractivity contribution in [3.63, 3.8) is 0 Å². The number of halogens is 6. The minimum absolute atomic E-state index is 0.0570. The standard InChI is InChI=1S/C19H18F6/c1-11-5-6-13(3)16(9-11)17(18(20,21)22,19(23,24)25)15-8-7-12(2)14(4)10-15/h5-10H,1-4H3. The molecule has 0 spiro atoms. The molecule has 2 rings (SSSR count). The van der Waals surface area contributed by atoms with Gasteiger partial charge < -0.3 is 0 Å². The van der Waals surface area contributed by atoms with Gasteiger partial charge in [0.1, 0.15) is 0 Å². The van der Waals surface area contributed by atoms with Crippen LogP contribution in [0.2, 0.25) is 0 Å². The first kappa shape index (κ1) is 19.3. The summed E-state index contributed by atoms with van der Waals surface area (Å²) < 4.78 is 84.4. The van der Waals surface area contributed by atoms with E-state index in [0.717, 1.165) is 18.2 Å². The summed E-state index contributed by atoms with van der Waals surface area (Å²) in [4.78, 5) is 0. The van der Waals surface area contributed by atoms with Gasteiger partial charge >= 0.3 is 12.4 Å². The molecular weight excluding hydrogens is 342 g/mol.